The van der Waals surface area contributed by atoms with E-state index in [1.54, 1.807) is 0 Å². The maximum absolute atomic E-state index is 5.24. The van der Waals surface area contributed by atoms with Crippen molar-refractivity contribution in [1.82, 2.24) is 0 Å². The summed E-state index contributed by atoms with van der Waals surface area (Å²) in [5.41, 5.74) is 1.22. The topological polar surface area (TPSA) is 35.2 Å². The zero-order valence-corrected chi connectivity index (χ0v) is 9.16. The first-order chi connectivity index (χ1) is 6.70. The minimum absolute atomic E-state index is 0.523. The van der Waals surface area contributed by atoms with E-state index in [1.165, 1.54) is 5.56 Å². The molecule has 0 aromatic heterocycles. The van der Waals surface area contributed by atoms with Gasteiger partial charge in [-0.15, -0.1) is 0 Å². The molecule has 1 rings (SSSR count). The number of hydrogen-bond donors (Lipinski definition) is 1. The molecule has 1 aromatic rings. The van der Waals surface area contributed by atoms with Crippen LogP contribution in [0.3, 0.4) is 0 Å². The van der Waals surface area contributed by atoms with Gasteiger partial charge in [-0.2, -0.15) is 5.90 Å². The van der Waals surface area contributed by atoms with Gasteiger partial charge in [0.05, 0.1) is 0 Å². The van der Waals surface area contributed by atoms with Gasteiger partial charge in [0, 0.05) is 5.56 Å². The molecule has 0 aliphatic carbocycles. The fraction of sp³-hybridized carbons (Fsp3) is 0.500. The van der Waals surface area contributed by atoms with Crippen molar-refractivity contribution < 1.29 is 4.84 Å². The van der Waals surface area contributed by atoms with E-state index >= 15 is 0 Å². The molecule has 2 heteroatoms. The normalized spacial score (nSPS) is 12.9. The summed E-state index contributed by atoms with van der Waals surface area (Å²) in [6, 6.07) is 7.98. The molecular weight excluding hydrogens is 174 g/mol. The second kappa shape index (κ2) is 5.01. The van der Waals surface area contributed by atoms with Crippen molar-refractivity contribution >= 4 is 0 Å². The summed E-state index contributed by atoms with van der Waals surface area (Å²) in [5.74, 6) is 7.17. The van der Waals surface area contributed by atoms with Crippen molar-refractivity contribution in [2.24, 2.45) is 11.8 Å². The summed E-state index contributed by atoms with van der Waals surface area (Å²) >= 11 is 0. The molecule has 0 amide bonds. The Hall–Kier alpha value is -1.02. The van der Waals surface area contributed by atoms with Gasteiger partial charge in [-0.1, -0.05) is 39.0 Å². The van der Waals surface area contributed by atoms with Crippen LogP contribution < -0.4 is 10.7 Å². The van der Waals surface area contributed by atoms with Crippen LogP contribution in [0.1, 0.15) is 38.7 Å². The van der Waals surface area contributed by atoms with Crippen molar-refractivity contribution in [1.29, 1.82) is 0 Å². The van der Waals surface area contributed by atoms with E-state index in [4.69, 9.17) is 10.7 Å². The van der Waals surface area contributed by atoms with Gasteiger partial charge in [-0.05, 0) is 24.3 Å². The van der Waals surface area contributed by atoms with E-state index in [2.05, 4.69) is 26.8 Å². The van der Waals surface area contributed by atoms with Crippen molar-refractivity contribution in [2.75, 3.05) is 0 Å². The zero-order chi connectivity index (χ0) is 10.6. The highest BCUT2D eigenvalue weighted by molar-refractivity contribution is 5.36. The third-order valence-corrected chi connectivity index (χ3v) is 2.69. The van der Waals surface area contributed by atoms with Crippen molar-refractivity contribution in [3.8, 4) is 5.75 Å². The molecule has 0 fully saturated rings. The Morgan fingerprint density at radius 1 is 1.29 bits per heavy atom. The predicted molar refractivity (Wildman–Crippen MR) is 59.1 cm³/mol. The van der Waals surface area contributed by atoms with Gasteiger partial charge < -0.3 is 4.84 Å². The Morgan fingerprint density at radius 2 is 1.93 bits per heavy atom. The van der Waals surface area contributed by atoms with Crippen LogP contribution in [0.4, 0.5) is 0 Å². The molecule has 0 radical (unpaired) electrons. The molecule has 0 aliphatic rings. The Labute approximate surface area is 86.0 Å². The summed E-state index contributed by atoms with van der Waals surface area (Å²) in [6.07, 6.45) is 1.11. The van der Waals surface area contributed by atoms with E-state index in [1.807, 2.05) is 18.2 Å². The molecule has 2 nitrogen and oxygen atoms in total. The van der Waals surface area contributed by atoms with Gasteiger partial charge in [-0.25, -0.2) is 0 Å². The average molecular weight is 193 g/mol. The summed E-state index contributed by atoms with van der Waals surface area (Å²) in [7, 11) is 0. The Bertz CT molecular complexity index is 283. The minimum atomic E-state index is 0.523. The van der Waals surface area contributed by atoms with E-state index in [9.17, 15) is 0 Å². The third kappa shape index (κ3) is 2.26. The van der Waals surface area contributed by atoms with Crippen LogP contribution in [0.2, 0.25) is 0 Å². The van der Waals surface area contributed by atoms with E-state index in [-0.39, 0.29) is 0 Å². The van der Waals surface area contributed by atoms with E-state index in [0.717, 1.165) is 12.2 Å². The number of hydrogen-bond acceptors (Lipinski definition) is 2. The zero-order valence-electron chi connectivity index (χ0n) is 9.16. The summed E-state index contributed by atoms with van der Waals surface area (Å²) in [6.45, 7) is 6.64. The van der Waals surface area contributed by atoms with Gasteiger partial charge in [0.25, 0.3) is 0 Å². The van der Waals surface area contributed by atoms with Crippen LogP contribution in [-0.2, 0) is 0 Å². The molecule has 14 heavy (non-hydrogen) atoms. The second-order valence-corrected chi connectivity index (χ2v) is 3.91. The molecule has 2 N–H and O–H groups in total. The summed E-state index contributed by atoms with van der Waals surface area (Å²) in [5, 5.41) is 0. The predicted octanol–water partition coefficient (Wildman–Crippen LogP) is 3.09. The molecule has 0 spiro atoms. The quantitative estimate of drug-likeness (QED) is 0.746. The van der Waals surface area contributed by atoms with E-state index < -0.39 is 0 Å². The molecule has 0 saturated carbocycles. The van der Waals surface area contributed by atoms with Gasteiger partial charge in [0.1, 0.15) is 5.75 Å². The van der Waals surface area contributed by atoms with Crippen molar-refractivity contribution in [2.45, 2.75) is 33.1 Å². The molecule has 0 aliphatic heterocycles. The van der Waals surface area contributed by atoms with Crippen LogP contribution in [-0.4, -0.2) is 0 Å². The lowest BCUT2D eigenvalue weighted by Gasteiger charge is -2.21. The van der Waals surface area contributed by atoms with E-state index in [0.29, 0.717) is 11.8 Å². The van der Waals surface area contributed by atoms with Gasteiger partial charge in [0.2, 0.25) is 0 Å². The molecule has 78 valence electrons. The lowest BCUT2D eigenvalue weighted by atomic mass is 9.86. The highest BCUT2D eigenvalue weighted by Gasteiger charge is 2.17. The fourth-order valence-electron chi connectivity index (χ4n) is 1.94. The first-order valence-corrected chi connectivity index (χ1v) is 5.16. The monoisotopic (exact) mass is 193 g/mol. The maximum Gasteiger partial charge on any atom is 0.150 e. The molecule has 0 bridgehead atoms. The summed E-state index contributed by atoms with van der Waals surface area (Å²) < 4.78 is 0. The SMILES string of the molecule is CCC(c1ccccc1ON)C(C)C. The largest absolute Gasteiger partial charge is 0.411 e. The molecule has 1 unspecified atom stereocenters. The Kier molecular flexibility index (Phi) is 3.96. The molecule has 0 heterocycles. The van der Waals surface area contributed by atoms with Crippen LogP contribution in [0, 0.1) is 5.92 Å². The summed E-state index contributed by atoms with van der Waals surface area (Å²) in [4.78, 5) is 4.88. The number of para-hydroxylation sites is 1. The molecule has 1 atom stereocenters. The van der Waals surface area contributed by atoms with Gasteiger partial charge in [0.15, 0.2) is 0 Å². The van der Waals surface area contributed by atoms with Crippen molar-refractivity contribution in [3.05, 3.63) is 29.8 Å². The van der Waals surface area contributed by atoms with Gasteiger partial charge in [-0.3, -0.25) is 0 Å². The molecule has 0 saturated heterocycles. The first kappa shape index (κ1) is 11.1. The Balaban J connectivity index is 3.02. The Morgan fingerprint density at radius 3 is 2.43 bits per heavy atom. The first-order valence-electron chi connectivity index (χ1n) is 5.16. The highest BCUT2D eigenvalue weighted by Crippen LogP contribution is 2.33. The molecular formula is C12H19NO. The lowest BCUT2D eigenvalue weighted by molar-refractivity contribution is 0.323. The molecule has 1 aromatic carbocycles. The minimum Gasteiger partial charge on any atom is -0.411 e. The lowest BCUT2D eigenvalue weighted by Crippen LogP contribution is -2.10. The standard InChI is InChI=1S/C12H19NO/c1-4-10(9(2)3)11-7-5-6-8-12(11)14-13/h5-10H,4,13H2,1-3H3. The van der Waals surface area contributed by atoms with Crippen LogP contribution in [0.25, 0.3) is 0 Å². The maximum atomic E-state index is 5.24. The highest BCUT2D eigenvalue weighted by atomic mass is 16.6. The average Bonchev–Trinajstić information content (AvgIpc) is 2.19. The second-order valence-electron chi connectivity index (χ2n) is 3.91. The van der Waals surface area contributed by atoms with Crippen LogP contribution in [0.5, 0.6) is 5.75 Å². The fourth-order valence-corrected chi connectivity index (χ4v) is 1.94. The van der Waals surface area contributed by atoms with Crippen LogP contribution >= 0.6 is 0 Å². The van der Waals surface area contributed by atoms with Crippen molar-refractivity contribution in [3.63, 3.8) is 0 Å². The third-order valence-electron chi connectivity index (χ3n) is 2.69. The number of rotatable bonds is 4. The number of benzene rings is 1. The smallest absolute Gasteiger partial charge is 0.150 e. The number of nitrogens with two attached hydrogens (primary N) is 1. The van der Waals surface area contributed by atoms with Crippen LogP contribution in [0.15, 0.2) is 24.3 Å². The van der Waals surface area contributed by atoms with Gasteiger partial charge >= 0.3 is 0 Å².